The zero-order valence-corrected chi connectivity index (χ0v) is 12.5. The molecule has 1 saturated carbocycles. The van der Waals surface area contributed by atoms with Gasteiger partial charge in [-0.3, -0.25) is 9.48 Å². The number of hydrogen-bond acceptors (Lipinski definition) is 3. The third kappa shape index (κ3) is 2.90. The Morgan fingerprint density at radius 3 is 2.70 bits per heavy atom. The summed E-state index contributed by atoms with van der Waals surface area (Å²) in [5.41, 5.74) is 1.02. The smallest absolute Gasteiger partial charge is 0.222 e. The van der Waals surface area contributed by atoms with E-state index in [2.05, 4.69) is 43.7 Å². The largest absolute Gasteiger partial charge is 0.347 e. The summed E-state index contributed by atoms with van der Waals surface area (Å²) in [4.78, 5) is 12.1. The van der Waals surface area contributed by atoms with Gasteiger partial charge >= 0.3 is 0 Å². The lowest BCUT2D eigenvalue weighted by Gasteiger charge is -2.18. The van der Waals surface area contributed by atoms with Crippen LogP contribution in [0.15, 0.2) is 41.1 Å². The standard InChI is InChI=1S/C14H15BrN4O/c15-12-3-1-11(2-4-12)14(6-7-14)17-13(20)5-9-19-10-8-16-18-19/h1-4,8,10H,5-7,9H2,(H,17,20). The molecule has 0 radical (unpaired) electrons. The molecular formula is C14H15BrN4O. The van der Waals surface area contributed by atoms with Crippen molar-refractivity contribution in [1.29, 1.82) is 0 Å². The Balaban J connectivity index is 1.59. The normalized spacial score (nSPS) is 15.8. The number of rotatable bonds is 5. The van der Waals surface area contributed by atoms with E-state index in [1.807, 2.05) is 12.1 Å². The highest BCUT2D eigenvalue weighted by Gasteiger charge is 2.45. The SMILES string of the molecule is O=C(CCn1ccnn1)NC1(c2ccc(Br)cc2)CC1. The summed E-state index contributed by atoms with van der Waals surface area (Å²) in [5.74, 6) is 0.0564. The van der Waals surface area contributed by atoms with Crippen molar-refractivity contribution in [3.63, 3.8) is 0 Å². The lowest BCUT2D eigenvalue weighted by molar-refractivity contribution is -0.122. The molecule has 0 atom stereocenters. The molecule has 2 aromatic rings. The van der Waals surface area contributed by atoms with Gasteiger partial charge in [-0.15, -0.1) is 5.10 Å². The molecule has 3 rings (SSSR count). The first-order valence-electron chi connectivity index (χ1n) is 6.59. The van der Waals surface area contributed by atoms with Gasteiger partial charge in [0.1, 0.15) is 0 Å². The second-order valence-electron chi connectivity index (χ2n) is 5.05. The van der Waals surface area contributed by atoms with Gasteiger partial charge in [0.05, 0.1) is 18.3 Å². The van der Waals surface area contributed by atoms with Gasteiger partial charge in [-0.2, -0.15) is 0 Å². The number of nitrogens with one attached hydrogen (secondary N) is 1. The molecule has 1 aliphatic rings. The maximum Gasteiger partial charge on any atom is 0.222 e. The molecule has 0 bridgehead atoms. The van der Waals surface area contributed by atoms with Gasteiger partial charge < -0.3 is 5.32 Å². The number of nitrogens with zero attached hydrogens (tertiary/aromatic N) is 3. The van der Waals surface area contributed by atoms with Crippen molar-refractivity contribution in [2.24, 2.45) is 0 Å². The van der Waals surface area contributed by atoms with Crippen molar-refractivity contribution in [3.8, 4) is 0 Å². The third-order valence-electron chi connectivity index (χ3n) is 3.57. The second-order valence-corrected chi connectivity index (χ2v) is 5.97. The van der Waals surface area contributed by atoms with Crippen LogP contribution in [0.4, 0.5) is 0 Å². The summed E-state index contributed by atoms with van der Waals surface area (Å²) in [6, 6.07) is 8.15. The molecule has 20 heavy (non-hydrogen) atoms. The van der Waals surface area contributed by atoms with Gasteiger partial charge in [0, 0.05) is 17.1 Å². The molecule has 104 valence electrons. The molecular weight excluding hydrogens is 320 g/mol. The van der Waals surface area contributed by atoms with Crippen LogP contribution in [0, 0.1) is 0 Å². The molecule has 1 aromatic heterocycles. The molecule has 0 spiro atoms. The second kappa shape index (κ2) is 5.36. The fraction of sp³-hybridized carbons (Fsp3) is 0.357. The maximum atomic E-state index is 12.1. The fourth-order valence-corrected chi connectivity index (χ4v) is 2.54. The molecule has 1 fully saturated rings. The molecule has 6 heteroatoms. The van der Waals surface area contributed by atoms with Gasteiger partial charge in [-0.05, 0) is 30.5 Å². The van der Waals surface area contributed by atoms with Crippen LogP contribution >= 0.6 is 15.9 Å². The highest BCUT2D eigenvalue weighted by Crippen LogP contribution is 2.45. The van der Waals surface area contributed by atoms with Crippen LogP contribution < -0.4 is 5.32 Å². The summed E-state index contributed by atoms with van der Waals surface area (Å²) in [6.07, 6.45) is 5.80. The van der Waals surface area contributed by atoms with E-state index in [0.29, 0.717) is 13.0 Å². The summed E-state index contributed by atoms with van der Waals surface area (Å²) in [5, 5.41) is 10.7. The predicted molar refractivity (Wildman–Crippen MR) is 77.8 cm³/mol. The predicted octanol–water partition coefficient (Wildman–Crippen LogP) is 2.24. The lowest BCUT2D eigenvalue weighted by atomic mass is 10.0. The van der Waals surface area contributed by atoms with E-state index in [9.17, 15) is 4.79 Å². The average molecular weight is 335 g/mol. The Hall–Kier alpha value is -1.69. The van der Waals surface area contributed by atoms with Gasteiger partial charge in [-0.25, -0.2) is 0 Å². The van der Waals surface area contributed by atoms with Crippen molar-refractivity contribution in [3.05, 3.63) is 46.7 Å². The van der Waals surface area contributed by atoms with Crippen LogP contribution in [-0.4, -0.2) is 20.9 Å². The van der Waals surface area contributed by atoms with E-state index < -0.39 is 0 Å². The Morgan fingerprint density at radius 1 is 1.35 bits per heavy atom. The zero-order chi connectivity index (χ0) is 14.0. The first-order chi connectivity index (χ1) is 9.68. The molecule has 0 aliphatic heterocycles. The fourth-order valence-electron chi connectivity index (χ4n) is 2.28. The van der Waals surface area contributed by atoms with E-state index in [-0.39, 0.29) is 11.4 Å². The number of carbonyl (C=O) groups excluding carboxylic acids is 1. The van der Waals surface area contributed by atoms with E-state index in [1.54, 1.807) is 17.1 Å². The molecule has 1 heterocycles. The molecule has 1 aromatic carbocycles. The Morgan fingerprint density at radius 2 is 2.10 bits per heavy atom. The van der Waals surface area contributed by atoms with E-state index in [0.717, 1.165) is 17.3 Å². The molecule has 1 aliphatic carbocycles. The van der Waals surface area contributed by atoms with Gasteiger partial charge in [-0.1, -0.05) is 33.3 Å². The van der Waals surface area contributed by atoms with Gasteiger partial charge in [0.25, 0.3) is 0 Å². The van der Waals surface area contributed by atoms with Crippen LogP contribution in [0.3, 0.4) is 0 Å². The van der Waals surface area contributed by atoms with Crippen molar-refractivity contribution in [2.45, 2.75) is 31.3 Å². The summed E-state index contributed by atoms with van der Waals surface area (Å²) < 4.78 is 2.72. The van der Waals surface area contributed by atoms with Crippen LogP contribution in [-0.2, 0) is 16.9 Å². The minimum atomic E-state index is -0.153. The maximum absolute atomic E-state index is 12.1. The lowest BCUT2D eigenvalue weighted by Crippen LogP contribution is -2.35. The highest BCUT2D eigenvalue weighted by atomic mass is 79.9. The molecule has 5 nitrogen and oxygen atoms in total. The monoisotopic (exact) mass is 334 g/mol. The summed E-state index contributed by atoms with van der Waals surface area (Å²) >= 11 is 3.43. The number of hydrogen-bond donors (Lipinski definition) is 1. The summed E-state index contributed by atoms with van der Waals surface area (Å²) in [7, 11) is 0. The number of aromatic nitrogens is 3. The number of carbonyl (C=O) groups is 1. The Bertz CT molecular complexity index is 590. The number of aryl methyl sites for hydroxylation is 1. The van der Waals surface area contributed by atoms with Gasteiger partial charge in [0.15, 0.2) is 0 Å². The quantitative estimate of drug-likeness (QED) is 0.912. The highest BCUT2D eigenvalue weighted by molar-refractivity contribution is 9.10. The number of benzene rings is 1. The van der Waals surface area contributed by atoms with Crippen LogP contribution in [0.5, 0.6) is 0 Å². The van der Waals surface area contributed by atoms with Crippen LogP contribution in [0.1, 0.15) is 24.8 Å². The van der Waals surface area contributed by atoms with Crippen LogP contribution in [0.2, 0.25) is 0 Å². The minimum Gasteiger partial charge on any atom is -0.347 e. The van der Waals surface area contributed by atoms with E-state index >= 15 is 0 Å². The average Bonchev–Trinajstić information content (AvgIpc) is 3.03. The molecule has 1 N–H and O–H groups in total. The van der Waals surface area contributed by atoms with Crippen molar-refractivity contribution < 1.29 is 4.79 Å². The first-order valence-corrected chi connectivity index (χ1v) is 7.38. The van der Waals surface area contributed by atoms with Crippen molar-refractivity contribution in [1.82, 2.24) is 20.3 Å². The van der Waals surface area contributed by atoms with Crippen molar-refractivity contribution >= 4 is 21.8 Å². The number of halogens is 1. The number of amides is 1. The third-order valence-corrected chi connectivity index (χ3v) is 4.09. The van der Waals surface area contributed by atoms with E-state index in [1.165, 1.54) is 5.56 Å². The van der Waals surface area contributed by atoms with Crippen LogP contribution in [0.25, 0.3) is 0 Å². The first kappa shape index (κ1) is 13.3. The minimum absolute atomic E-state index is 0.0564. The Kier molecular flexibility index (Phi) is 3.56. The molecule has 0 saturated heterocycles. The Labute approximate surface area is 125 Å². The van der Waals surface area contributed by atoms with Gasteiger partial charge in [0.2, 0.25) is 5.91 Å². The van der Waals surface area contributed by atoms with E-state index in [4.69, 9.17) is 0 Å². The zero-order valence-electron chi connectivity index (χ0n) is 10.9. The topological polar surface area (TPSA) is 59.8 Å². The molecule has 1 amide bonds. The van der Waals surface area contributed by atoms with Crippen molar-refractivity contribution in [2.75, 3.05) is 0 Å². The molecule has 0 unspecified atom stereocenters. The summed E-state index contributed by atoms with van der Waals surface area (Å²) in [6.45, 7) is 0.558.